The second-order valence-corrected chi connectivity index (χ2v) is 10.9. The van der Waals surface area contributed by atoms with Gasteiger partial charge in [0.2, 0.25) is 5.75 Å². The fourth-order valence-electron chi connectivity index (χ4n) is 3.46. The number of ether oxygens (including phenoxy) is 1. The lowest BCUT2D eigenvalue weighted by Gasteiger charge is -2.12. The molecular formula is C25H19Br3N4O4. The zero-order valence-corrected chi connectivity index (χ0v) is 23.9. The van der Waals surface area contributed by atoms with Crippen LogP contribution in [0.25, 0.3) is 10.9 Å². The zero-order chi connectivity index (χ0) is 26.0. The van der Waals surface area contributed by atoms with Crippen molar-refractivity contribution < 1.29 is 9.66 Å². The molecule has 8 nitrogen and oxygen atoms in total. The molecule has 0 atom stereocenters. The van der Waals surface area contributed by atoms with Crippen LogP contribution in [-0.4, -0.2) is 20.8 Å². The van der Waals surface area contributed by atoms with E-state index in [4.69, 9.17) is 4.74 Å². The van der Waals surface area contributed by atoms with Crippen molar-refractivity contribution in [3.8, 4) is 5.75 Å². The van der Waals surface area contributed by atoms with Gasteiger partial charge in [0.25, 0.3) is 5.56 Å². The average Bonchev–Trinajstić information content (AvgIpc) is 2.83. The minimum Gasteiger partial charge on any atom is -0.481 e. The average molecular weight is 679 g/mol. The third-order valence-electron chi connectivity index (χ3n) is 5.21. The van der Waals surface area contributed by atoms with Gasteiger partial charge in [-0.1, -0.05) is 57.8 Å². The Balaban J connectivity index is 1.72. The molecule has 0 saturated carbocycles. The molecule has 1 aromatic heterocycles. The summed E-state index contributed by atoms with van der Waals surface area (Å²) in [5.74, 6) is 0.504. The summed E-state index contributed by atoms with van der Waals surface area (Å²) in [6, 6.07) is 15.8. The maximum Gasteiger partial charge on any atom is 0.312 e. The van der Waals surface area contributed by atoms with Crippen molar-refractivity contribution >= 4 is 70.6 Å². The third-order valence-corrected chi connectivity index (χ3v) is 6.82. The minimum absolute atomic E-state index is 0.0849. The van der Waals surface area contributed by atoms with E-state index < -0.39 is 4.92 Å². The summed E-state index contributed by atoms with van der Waals surface area (Å²) in [5, 5.41) is 16.6. The number of fused-ring (bicyclic) bond motifs is 1. The van der Waals surface area contributed by atoms with Crippen LogP contribution in [0.4, 0.5) is 5.69 Å². The van der Waals surface area contributed by atoms with E-state index in [1.54, 1.807) is 18.2 Å². The summed E-state index contributed by atoms with van der Waals surface area (Å²) in [6.07, 6.45) is 1.40. The van der Waals surface area contributed by atoms with Crippen molar-refractivity contribution in [2.45, 2.75) is 26.4 Å². The molecule has 1 heterocycles. The lowest BCUT2D eigenvalue weighted by molar-refractivity contribution is -0.386. The molecule has 4 rings (SSSR count). The van der Waals surface area contributed by atoms with E-state index in [1.165, 1.54) is 17.0 Å². The predicted molar refractivity (Wildman–Crippen MR) is 150 cm³/mol. The maximum absolute atomic E-state index is 13.2. The molecule has 184 valence electrons. The van der Waals surface area contributed by atoms with Crippen LogP contribution in [0.3, 0.4) is 0 Å². The molecule has 3 aromatic carbocycles. The molecule has 0 bridgehead atoms. The smallest absolute Gasteiger partial charge is 0.312 e. The second kappa shape index (κ2) is 11.0. The quantitative estimate of drug-likeness (QED) is 0.117. The number of nitro benzene ring substituents is 1. The third kappa shape index (κ3) is 5.74. The van der Waals surface area contributed by atoms with Crippen LogP contribution in [0.5, 0.6) is 5.75 Å². The number of nitro groups is 1. The molecule has 0 spiro atoms. The number of hydrogen-bond acceptors (Lipinski definition) is 6. The highest BCUT2D eigenvalue weighted by molar-refractivity contribution is 9.11. The van der Waals surface area contributed by atoms with Crippen molar-refractivity contribution in [1.82, 2.24) is 9.66 Å². The first-order valence-corrected chi connectivity index (χ1v) is 13.1. The number of rotatable bonds is 7. The van der Waals surface area contributed by atoms with Crippen LogP contribution < -0.4 is 10.3 Å². The normalized spacial score (nSPS) is 11.5. The van der Waals surface area contributed by atoms with Gasteiger partial charge in [-0.3, -0.25) is 14.9 Å². The molecule has 0 aliphatic rings. The van der Waals surface area contributed by atoms with E-state index in [2.05, 4.69) is 57.9 Å². The summed E-state index contributed by atoms with van der Waals surface area (Å²) < 4.78 is 9.09. The Morgan fingerprint density at radius 3 is 2.44 bits per heavy atom. The molecule has 0 saturated heterocycles. The van der Waals surface area contributed by atoms with Gasteiger partial charge in [-0.2, -0.15) is 9.78 Å². The molecule has 4 aromatic rings. The first kappa shape index (κ1) is 26.2. The van der Waals surface area contributed by atoms with Crippen molar-refractivity contribution in [2.24, 2.45) is 5.10 Å². The number of halogens is 3. The molecule has 0 radical (unpaired) electrons. The fourth-order valence-corrected chi connectivity index (χ4v) is 4.67. The van der Waals surface area contributed by atoms with Gasteiger partial charge in [0.1, 0.15) is 12.4 Å². The van der Waals surface area contributed by atoms with Crippen molar-refractivity contribution in [1.29, 1.82) is 0 Å². The van der Waals surface area contributed by atoms with Gasteiger partial charge in [-0.05, 0) is 57.9 Å². The summed E-state index contributed by atoms with van der Waals surface area (Å²) in [5.41, 5.74) is 1.30. The van der Waals surface area contributed by atoms with Crippen LogP contribution in [0, 0.1) is 10.1 Å². The van der Waals surface area contributed by atoms with Gasteiger partial charge in [0, 0.05) is 26.5 Å². The lowest BCUT2D eigenvalue weighted by Crippen LogP contribution is -2.23. The second-order valence-electron chi connectivity index (χ2n) is 8.17. The van der Waals surface area contributed by atoms with Gasteiger partial charge in [0.05, 0.1) is 26.5 Å². The Bertz CT molecular complexity index is 1550. The zero-order valence-electron chi connectivity index (χ0n) is 19.1. The Morgan fingerprint density at radius 2 is 1.78 bits per heavy atom. The van der Waals surface area contributed by atoms with E-state index in [0.717, 1.165) is 14.5 Å². The Morgan fingerprint density at radius 1 is 1.08 bits per heavy atom. The van der Waals surface area contributed by atoms with E-state index >= 15 is 0 Å². The molecule has 0 unspecified atom stereocenters. The SMILES string of the molecule is CC(C)c1nc2ccc(Br)cc2c(=O)n1N=Cc1cc(Br)c(OCc2ccc(Br)cc2)c([N+](=O)[O-])c1. The van der Waals surface area contributed by atoms with E-state index in [9.17, 15) is 14.9 Å². The molecule has 0 amide bonds. The summed E-state index contributed by atoms with van der Waals surface area (Å²) in [4.78, 5) is 29.1. The summed E-state index contributed by atoms with van der Waals surface area (Å²) in [7, 11) is 0. The van der Waals surface area contributed by atoms with Gasteiger partial charge >= 0.3 is 5.69 Å². The van der Waals surface area contributed by atoms with Crippen LogP contribution in [-0.2, 0) is 6.61 Å². The lowest BCUT2D eigenvalue weighted by atomic mass is 10.2. The Labute approximate surface area is 231 Å². The van der Waals surface area contributed by atoms with Crippen LogP contribution in [0.15, 0.2) is 77.9 Å². The van der Waals surface area contributed by atoms with Crippen LogP contribution in [0.1, 0.15) is 36.7 Å². The molecule has 0 fully saturated rings. The Kier molecular flexibility index (Phi) is 8.01. The topological polar surface area (TPSA) is 99.6 Å². The molecule has 0 aliphatic carbocycles. The molecule has 11 heteroatoms. The highest BCUT2D eigenvalue weighted by Gasteiger charge is 2.21. The molecule has 0 N–H and O–H groups in total. The van der Waals surface area contributed by atoms with Crippen molar-refractivity contribution in [3.05, 3.63) is 105 Å². The number of hydrogen-bond donors (Lipinski definition) is 0. The van der Waals surface area contributed by atoms with Crippen LogP contribution in [0.2, 0.25) is 0 Å². The molecule has 36 heavy (non-hydrogen) atoms. The number of aromatic nitrogens is 2. The van der Waals surface area contributed by atoms with Crippen molar-refractivity contribution in [2.75, 3.05) is 0 Å². The highest BCUT2D eigenvalue weighted by Crippen LogP contribution is 2.36. The van der Waals surface area contributed by atoms with Gasteiger partial charge in [0.15, 0.2) is 0 Å². The standard InChI is InChI=1S/C25H19Br3N4O4/c1-14(2)24-30-21-8-7-18(27)11-19(21)25(33)31(24)29-12-16-9-20(28)23(22(10-16)32(34)35)36-13-15-3-5-17(26)6-4-15/h3-12,14H,13H2,1-2H3. The molecular weight excluding hydrogens is 660 g/mol. The largest absolute Gasteiger partial charge is 0.481 e. The minimum atomic E-state index is -0.514. The van der Waals surface area contributed by atoms with E-state index in [1.807, 2.05) is 44.2 Å². The first-order chi connectivity index (χ1) is 17.1. The predicted octanol–water partition coefficient (Wildman–Crippen LogP) is 7.18. The van der Waals surface area contributed by atoms with E-state index in [0.29, 0.717) is 26.8 Å². The summed E-state index contributed by atoms with van der Waals surface area (Å²) in [6.45, 7) is 3.99. The number of nitrogens with zero attached hydrogens (tertiary/aromatic N) is 4. The monoisotopic (exact) mass is 676 g/mol. The van der Waals surface area contributed by atoms with Gasteiger partial charge in [-0.15, -0.1) is 0 Å². The summed E-state index contributed by atoms with van der Waals surface area (Å²) >= 11 is 10.1. The molecule has 0 aliphatic heterocycles. The Hall–Kier alpha value is -2.89. The maximum atomic E-state index is 13.2. The van der Waals surface area contributed by atoms with Gasteiger partial charge in [-0.25, -0.2) is 4.98 Å². The first-order valence-electron chi connectivity index (χ1n) is 10.8. The fraction of sp³-hybridized carbons (Fsp3) is 0.160. The highest BCUT2D eigenvalue weighted by atomic mass is 79.9. The van der Waals surface area contributed by atoms with E-state index in [-0.39, 0.29) is 29.5 Å². The number of benzene rings is 3. The van der Waals surface area contributed by atoms with Gasteiger partial charge < -0.3 is 4.74 Å². The van der Waals surface area contributed by atoms with Crippen molar-refractivity contribution in [3.63, 3.8) is 0 Å². The van der Waals surface area contributed by atoms with Crippen LogP contribution >= 0.6 is 47.8 Å².